The van der Waals surface area contributed by atoms with Gasteiger partial charge in [-0.3, -0.25) is 9.59 Å². The zero-order chi connectivity index (χ0) is 16.5. The van der Waals surface area contributed by atoms with Crippen LogP contribution in [0.5, 0.6) is 5.75 Å². The molecule has 1 aromatic rings. The standard InChI is InChI=1S/C15H19Cl2NO4/c1-21-13(19)6-4-3-5-7-18-15(20)10-8-11(16)14(22-2)12(17)9-10/h8-9H,3-7H2,1-2H3,(H,18,20). The van der Waals surface area contributed by atoms with Crippen molar-refractivity contribution in [3.63, 3.8) is 0 Å². The van der Waals surface area contributed by atoms with Gasteiger partial charge in [0.15, 0.2) is 5.75 Å². The van der Waals surface area contributed by atoms with Crippen molar-refractivity contribution in [2.24, 2.45) is 0 Å². The van der Waals surface area contributed by atoms with Crippen LogP contribution < -0.4 is 10.1 Å². The van der Waals surface area contributed by atoms with Crippen molar-refractivity contribution in [1.82, 2.24) is 5.32 Å². The molecule has 0 spiro atoms. The highest BCUT2D eigenvalue weighted by Crippen LogP contribution is 2.33. The van der Waals surface area contributed by atoms with Crippen LogP contribution in [0, 0.1) is 0 Å². The molecule has 1 aromatic carbocycles. The van der Waals surface area contributed by atoms with Gasteiger partial charge in [0.2, 0.25) is 0 Å². The van der Waals surface area contributed by atoms with E-state index in [2.05, 4.69) is 10.1 Å². The van der Waals surface area contributed by atoms with Crippen LogP contribution >= 0.6 is 23.2 Å². The molecule has 0 aliphatic rings. The van der Waals surface area contributed by atoms with Gasteiger partial charge in [-0.15, -0.1) is 0 Å². The number of nitrogens with one attached hydrogen (secondary N) is 1. The van der Waals surface area contributed by atoms with E-state index in [1.165, 1.54) is 26.4 Å². The number of rotatable bonds is 8. The summed E-state index contributed by atoms with van der Waals surface area (Å²) in [5, 5.41) is 3.36. The summed E-state index contributed by atoms with van der Waals surface area (Å²) >= 11 is 12.0. The molecular weight excluding hydrogens is 329 g/mol. The molecule has 0 radical (unpaired) electrons. The smallest absolute Gasteiger partial charge is 0.305 e. The maximum atomic E-state index is 12.0. The Morgan fingerprint density at radius 1 is 1.09 bits per heavy atom. The molecule has 1 N–H and O–H groups in total. The molecule has 0 saturated heterocycles. The van der Waals surface area contributed by atoms with Crippen LogP contribution in [-0.2, 0) is 9.53 Å². The minimum Gasteiger partial charge on any atom is -0.494 e. The Kier molecular flexibility index (Phi) is 8.06. The van der Waals surface area contributed by atoms with Crippen molar-refractivity contribution in [2.75, 3.05) is 20.8 Å². The Morgan fingerprint density at radius 2 is 1.73 bits per heavy atom. The van der Waals surface area contributed by atoms with Gasteiger partial charge in [0.1, 0.15) is 0 Å². The van der Waals surface area contributed by atoms with Gasteiger partial charge in [-0.1, -0.05) is 29.6 Å². The number of unbranched alkanes of at least 4 members (excludes halogenated alkanes) is 2. The van der Waals surface area contributed by atoms with Crippen molar-refractivity contribution in [2.45, 2.75) is 25.7 Å². The van der Waals surface area contributed by atoms with E-state index in [1.807, 2.05) is 0 Å². The molecule has 0 fully saturated rings. The summed E-state index contributed by atoms with van der Waals surface area (Å²) < 4.78 is 9.58. The first kappa shape index (κ1) is 18.6. The second-order valence-corrected chi connectivity index (χ2v) is 5.43. The molecule has 0 saturated carbocycles. The molecule has 0 aromatic heterocycles. The van der Waals surface area contributed by atoms with Gasteiger partial charge in [-0.25, -0.2) is 0 Å². The van der Waals surface area contributed by atoms with E-state index in [1.54, 1.807) is 0 Å². The summed E-state index contributed by atoms with van der Waals surface area (Å²) in [6, 6.07) is 3.03. The lowest BCUT2D eigenvalue weighted by molar-refractivity contribution is -0.140. The Morgan fingerprint density at radius 3 is 2.27 bits per heavy atom. The van der Waals surface area contributed by atoms with Crippen LogP contribution in [0.25, 0.3) is 0 Å². The lowest BCUT2D eigenvalue weighted by Crippen LogP contribution is -2.24. The van der Waals surface area contributed by atoms with Gasteiger partial charge < -0.3 is 14.8 Å². The number of hydrogen-bond donors (Lipinski definition) is 1. The number of esters is 1. The van der Waals surface area contributed by atoms with E-state index in [0.29, 0.717) is 34.3 Å². The van der Waals surface area contributed by atoms with Crippen LogP contribution in [-0.4, -0.2) is 32.6 Å². The van der Waals surface area contributed by atoms with Gasteiger partial charge in [0.25, 0.3) is 5.91 Å². The van der Waals surface area contributed by atoms with Gasteiger partial charge >= 0.3 is 5.97 Å². The number of ether oxygens (including phenoxy) is 2. The largest absolute Gasteiger partial charge is 0.494 e. The highest BCUT2D eigenvalue weighted by Gasteiger charge is 2.13. The second kappa shape index (κ2) is 9.54. The Bertz CT molecular complexity index is 511. The Hall–Kier alpha value is -1.46. The molecule has 5 nitrogen and oxygen atoms in total. The van der Waals surface area contributed by atoms with Gasteiger partial charge in [0, 0.05) is 18.5 Å². The van der Waals surface area contributed by atoms with E-state index >= 15 is 0 Å². The van der Waals surface area contributed by atoms with E-state index in [-0.39, 0.29) is 11.9 Å². The number of carbonyl (C=O) groups is 2. The lowest BCUT2D eigenvalue weighted by atomic mass is 10.1. The average Bonchev–Trinajstić information content (AvgIpc) is 2.49. The Labute approximate surface area is 139 Å². The molecule has 122 valence electrons. The van der Waals surface area contributed by atoms with Gasteiger partial charge in [-0.2, -0.15) is 0 Å². The minimum absolute atomic E-state index is 0.216. The van der Waals surface area contributed by atoms with Crippen molar-refractivity contribution in [1.29, 1.82) is 0 Å². The third kappa shape index (κ3) is 5.73. The highest BCUT2D eigenvalue weighted by molar-refractivity contribution is 6.37. The van der Waals surface area contributed by atoms with Gasteiger partial charge in [0.05, 0.1) is 24.3 Å². The van der Waals surface area contributed by atoms with Crippen molar-refractivity contribution >= 4 is 35.1 Å². The number of carbonyl (C=O) groups excluding carboxylic acids is 2. The minimum atomic E-state index is -0.251. The number of halogens is 2. The zero-order valence-corrected chi connectivity index (χ0v) is 14.1. The van der Waals surface area contributed by atoms with Crippen molar-refractivity contribution < 1.29 is 19.1 Å². The van der Waals surface area contributed by atoms with E-state index in [0.717, 1.165) is 19.3 Å². The monoisotopic (exact) mass is 347 g/mol. The lowest BCUT2D eigenvalue weighted by Gasteiger charge is -2.09. The summed E-state index contributed by atoms with van der Waals surface area (Å²) in [6.07, 6.45) is 2.75. The van der Waals surface area contributed by atoms with Crippen LogP contribution in [0.1, 0.15) is 36.0 Å². The maximum absolute atomic E-state index is 12.0. The molecular formula is C15H19Cl2NO4. The zero-order valence-electron chi connectivity index (χ0n) is 12.6. The van der Waals surface area contributed by atoms with Crippen LogP contribution in [0.15, 0.2) is 12.1 Å². The van der Waals surface area contributed by atoms with E-state index < -0.39 is 0 Å². The molecule has 1 rings (SSSR count). The number of amides is 1. The summed E-state index contributed by atoms with van der Waals surface area (Å²) in [6.45, 7) is 0.515. The fraction of sp³-hybridized carbons (Fsp3) is 0.467. The third-order valence-electron chi connectivity index (χ3n) is 3.04. The Balaban J connectivity index is 2.38. The molecule has 0 aliphatic heterocycles. The predicted octanol–water partition coefficient (Wildman–Crippen LogP) is 3.47. The molecule has 1 amide bonds. The van der Waals surface area contributed by atoms with Crippen LogP contribution in [0.2, 0.25) is 10.0 Å². The highest BCUT2D eigenvalue weighted by atomic mass is 35.5. The second-order valence-electron chi connectivity index (χ2n) is 4.62. The first-order valence-corrected chi connectivity index (χ1v) is 7.63. The maximum Gasteiger partial charge on any atom is 0.305 e. The number of hydrogen-bond acceptors (Lipinski definition) is 4. The summed E-state index contributed by atoms with van der Waals surface area (Å²) in [7, 11) is 2.83. The summed E-state index contributed by atoms with van der Waals surface area (Å²) in [4.78, 5) is 22.9. The SMILES string of the molecule is COC(=O)CCCCCNC(=O)c1cc(Cl)c(OC)c(Cl)c1. The summed E-state index contributed by atoms with van der Waals surface area (Å²) in [5.41, 5.74) is 0.380. The third-order valence-corrected chi connectivity index (χ3v) is 3.60. The fourth-order valence-electron chi connectivity index (χ4n) is 1.86. The summed E-state index contributed by atoms with van der Waals surface area (Å²) in [5.74, 6) is -0.117. The van der Waals surface area contributed by atoms with Gasteiger partial charge in [-0.05, 0) is 25.0 Å². The predicted molar refractivity (Wildman–Crippen MR) is 85.8 cm³/mol. The molecule has 0 atom stereocenters. The van der Waals surface area contributed by atoms with Crippen LogP contribution in [0.3, 0.4) is 0 Å². The van der Waals surface area contributed by atoms with Crippen molar-refractivity contribution in [3.8, 4) is 5.75 Å². The molecule has 22 heavy (non-hydrogen) atoms. The molecule has 7 heteroatoms. The number of methoxy groups -OCH3 is 2. The van der Waals surface area contributed by atoms with Crippen LogP contribution in [0.4, 0.5) is 0 Å². The topological polar surface area (TPSA) is 64.6 Å². The fourth-order valence-corrected chi connectivity index (χ4v) is 2.50. The molecule has 0 unspecified atom stereocenters. The molecule has 0 aliphatic carbocycles. The normalized spacial score (nSPS) is 10.2. The van der Waals surface area contributed by atoms with Crippen molar-refractivity contribution in [3.05, 3.63) is 27.7 Å². The first-order valence-electron chi connectivity index (χ1n) is 6.87. The van der Waals surface area contributed by atoms with E-state index in [9.17, 15) is 9.59 Å². The quantitative estimate of drug-likeness (QED) is 0.577. The average molecular weight is 348 g/mol. The number of benzene rings is 1. The molecule has 0 heterocycles. The van der Waals surface area contributed by atoms with E-state index in [4.69, 9.17) is 27.9 Å². The first-order chi connectivity index (χ1) is 10.5. The molecule has 0 bridgehead atoms.